The molecule has 0 aliphatic heterocycles. The molecule has 106 valence electrons. The second-order valence-electron chi connectivity index (χ2n) is 5.19. The van der Waals surface area contributed by atoms with Gasteiger partial charge in [0.25, 0.3) is 0 Å². The van der Waals surface area contributed by atoms with Crippen LogP contribution in [0.4, 0.5) is 0 Å². The molecule has 2 aromatic rings. The van der Waals surface area contributed by atoms with Crippen LogP contribution in [0, 0.1) is 13.8 Å². The Balaban J connectivity index is 2.22. The molecule has 2 nitrogen and oxygen atoms in total. The summed E-state index contributed by atoms with van der Waals surface area (Å²) in [6.07, 6.45) is 0. The quantitative estimate of drug-likeness (QED) is 0.882. The van der Waals surface area contributed by atoms with E-state index < -0.39 is 0 Å². The van der Waals surface area contributed by atoms with Crippen molar-refractivity contribution in [2.24, 2.45) is 5.73 Å². The topological polar surface area (TPSA) is 35.2 Å². The molecule has 20 heavy (non-hydrogen) atoms. The summed E-state index contributed by atoms with van der Waals surface area (Å²) in [5.41, 5.74) is 10.7. The molecule has 2 rings (SSSR count). The first-order valence-corrected chi connectivity index (χ1v) is 7.50. The van der Waals surface area contributed by atoms with Crippen LogP contribution in [-0.2, 0) is 6.61 Å². The summed E-state index contributed by atoms with van der Waals surface area (Å²) in [7, 11) is 0. The van der Waals surface area contributed by atoms with E-state index in [0.717, 1.165) is 15.8 Å². The lowest BCUT2D eigenvalue weighted by atomic mass is 10.1. The molecule has 0 aromatic heterocycles. The molecule has 2 aromatic carbocycles. The van der Waals surface area contributed by atoms with Crippen LogP contribution in [0.1, 0.15) is 35.2 Å². The third-order valence-corrected chi connectivity index (χ3v) is 3.85. The van der Waals surface area contributed by atoms with Gasteiger partial charge in [-0.3, -0.25) is 0 Å². The van der Waals surface area contributed by atoms with E-state index in [-0.39, 0.29) is 6.04 Å². The van der Waals surface area contributed by atoms with Gasteiger partial charge in [0.2, 0.25) is 0 Å². The van der Waals surface area contributed by atoms with E-state index in [9.17, 15) is 0 Å². The molecule has 0 radical (unpaired) electrons. The third-order valence-electron chi connectivity index (χ3n) is 3.35. The first kappa shape index (κ1) is 15.1. The van der Waals surface area contributed by atoms with Crippen molar-refractivity contribution >= 4 is 15.9 Å². The van der Waals surface area contributed by atoms with Crippen LogP contribution in [0.2, 0.25) is 0 Å². The Morgan fingerprint density at radius 1 is 1.15 bits per heavy atom. The van der Waals surface area contributed by atoms with Crippen LogP contribution in [-0.4, -0.2) is 0 Å². The Morgan fingerprint density at radius 3 is 2.60 bits per heavy atom. The lowest BCUT2D eigenvalue weighted by Crippen LogP contribution is -2.08. The van der Waals surface area contributed by atoms with Crippen LogP contribution in [0.5, 0.6) is 5.75 Å². The zero-order valence-electron chi connectivity index (χ0n) is 12.1. The number of nitrogens with two attached hydrogens (primary N) is 1. The Labute approximate surface area is 129 Å². The highest BCUT2D eigenvalue weighted by Gasteiger charge is 2.09. The van der Waals surface area contributed by atoms with Gasteiger partial charge >= 0.3 is 0 Å². The zero-order valence-corrected chi connectivity index (χ0v) is 13.7. The molecule has 0 fully saturated rings. The van der Waals surface area contributed by atoms with Crippen molar-refractivity contribution in [1.29, 1.82) is 0 Å². The zero-order chi connectivity index (χ0) is 14.7. The van der Waals surface area contributed by atoms with Gasteiger partial charge in [0.1, 0.15) is 12.4 Å². The van der Waals surface area contributed by atoms with Crippen LogP contribution >= 0.6 is 15.9 Å². The predicted octanol–water partition coefficient (Wildman–Crippen LogP) is 4.66. The highest BCUT2D eigenvalue weighted by atomic mass is 79.9. The van der Waals surface area contributed by atoms with Crippen LogP contribution in [0.25, 0.3) is 0 Å². The lowest BCUT2D eigenvalue weighted by Gasteiger charge is -2.15. The van der Waals surface area contributed by atoms with Crippen LogP contribution < -0.4 is 10.5 Å². The maximum absolute atomic E-state index is 5.99. The normalized spacial score (nSPS) is 12.2. The van der Waals surface area contributed by atoms with Crippen molar-refractivity contribution in [3.63, 3.8) is 0 Å². The molecule has 0 aliphatic rings. The largest absolute Gasteiger partial charge is 0.489 e. The summed E-state index contributed by atoms with van der Waals surface area (Å²) in [5, 5.41) is 0. The standard InChI is InChI=1S/C17H20BrNO/c1-11-4-5-12(2)14(8-11)10-20-17-9-15(18)6-7-16(17)13(3)19/h4-9,13H,10,19H2,1-3H3. The molecule has 0 spiro atoms. The van der Waals surface area contributed by atoms with E-state index in [4.69, 9.17) is 10.5 Å². The van der Waals surface area contributed by atoms with Crippen molar-refractivity contribution in [2.45, 2.75) is 33.4 Å². The van der Waals surface area contributed by atoms with E-state index in [1.807, 2.05) is 25.1 Å². The van der Waals surface area contributed by atoms with Gasteiger partial charge in [0, 0.05) is 16.1 Å². The Kier molecular flexibility index (Phi) is 4.84. The second kappa shape index (κ2) is 6.42. The van der Waals surface area contributed by atoms with Gasteiger partial charge in [-0.2, -0.15) is 0 Å². The number of halogens is 1. The summed E-state index contributed by atoms with van der Waals surface area (Å²) in [4.78, 5) is 0. The van der Waals surface area contributed by atoms with Gasteiger partial charge in [-0.05, 0) is 44.0 Å². The molecule has 0 saturated carbocycles. The van der Waals surface area contributed by atoms with Crippen molar-refractivity contribution in [3.8, 4) is 5.75 Å². The summed E-state index contributed by atoms with van der Waals surface area (Å²) < 4.78 is 6.99. The summed E-state index contributed by atoms with van der Waals surface area (Å²) >= 11 is 3.48. The van der Waals surface area contributed by atoms with Gasteiger partial charge in [-0.15, -0.1) is 0 Å². The average molecular weight is 334 g/mol. The predicted molar refractivity (Wildman–Crippen MR) is 87.0 cm³/mol. The molecule has 3 heteroatoms. The first-order chi connectivity index (χ1) is 9.47. The molecular weight excluding hydrogens is 314 g/mol. The number of aryl methyl sites for hydroxylation is 2. The monoisotopic (exact) mass is 333 g/mol. The molecular formula is C17H20BrNO. The molecule has 0 bridgehead atoms. The number of hydrogen-bond acceptors (Lipinski definition) is 2. The highest BCUT2D eigenvalue weighted by molar-refractivity contribution is 9.10. The number of benzene rings is 2. The van der Waals surface area contributed by atoms with E-state index >= 15 is 0 Å². The van der Waals surface area contributed by atoms with Crippen molar-refractivity contribution in [1.82, 2.24) is 0 Å². The van der Waals surface area contributed by atoms with E-state index in [1.54, 1.807) is 0 Å². The smallest absolute Gasteiger partial charge is 0.125 e. The van der Waals surface area contributed by atoms with Crippen molar-refractivity contribution < 1.29 is 4.74 Å². The summed E-state index contributed by atoms with van der Waals surface area (Å²) in [5.74, 6) is 0.843. The minimum Gasteiger partial charge on any atom is -0.489 e. The average Bonchev–Trinajstić information content (AvgIpc) is 2.39. The second-order valence-corrected chi connectivity index (χ2v) is 6.11. The molecule has 0 heterocycles. The van der Waals surface area contributed by atoms with Gasteiger partial charge in [-0.1, -0.05) is 45.8 Å². The first-order valence-electron chi connectivity index (χ1n) is 6.71. The SMILES string of the molecule is Cc1ccc(C)c(COc2cc(Br)ccc2C(C)N)c1. The fourth-order valence-electron chi connectivity index (χ4n) is 2.12. The molecule has 0 amide bonds. The summed E-state index contributed by atoms with van der Waals surface area (Å²) in [6, 6.07) is 12.3. The number of hydrogen-bond donors (Lipinski definition) is 1. The van der Waals surface area contributed by atoms with Crippen LogP contribution in [0.15, 0.2) is 40.9 Å². The van der Waals surface area contributed by atoms with Crippen molar-refractivity contribution in [3.05, 3.63) is 63.1 Å². The molecule has 0 saturated heterocycles. The molecule has 1 atom stereocenters. The Morgan fingerprint density at radius 2 is 1.90 bits per heavy atom. The maximum Gasteiger partial charge on any atom is 0.125 e. The number of rotatable bonds is 4. The van der Waals surface area contributed by atoms with Gasteiger partial charge in [-0.25, -0.2) is 0 Å². The van der Waals surface area contributed by atoms with Gasteiger partial charge in [0.15, 0.2) is 0 Å². The lowest BCUT2D eigenvalue weighted by molar-refractivity contribution is 0.300. The van der Waals surface area contributed by atoms with Crippen molar-refractivity contribution in [2.75, 3.05) is 0 Å². The minimum absolute atomic E-state index is 0.0447. The molecule has 2 N–H and O–H groups in total. The molecule has 1 unspecified atom stereocenters. The Bertz CT molecular complexity index is 608. The summed E-state index contributed by atoms with van der Waals surface area (Å²) in [6.45, 7) is 6.72. The fraction of sp³-hybridized carbons (Fsp3) is 0.294. The van der Waals surface area contributed by atoms with E-state index in [2.05, 4.69) is 48.0 Å². The van der Waals surface area contributed by atoms with E-state index in [1.165, 1.54) is 16.7 Å². The van der Waals surface area contributed by atoms with Gasteiger partial charge in [0.05, 0.1) is 0 Å². The fourth-order valence-corrected chi connectivity index (χ4v) is 2.46. The minimum atomic E-state index is -0.0447. The van der Waals surface area contributed by atoms with Crippen LogP contribution in [0.3, 0.4) is 0 Å². The number of ether oxygens (including phenoxy) is 1. The Hall–Kier alpha value is -1.32. The van der Waals surface area contributed by atoms with Gasteiger partial charge < -0.3 is 10.5 Å². The highest BCUT2D eigenvalue weighted by Crippen LogP contribution is 2.28. The van der Waals surface area contributed by atoms with E-state index in [0.29, 0.717) is 6.61 Å². The maximum atomic E-state index is 5.99. The third kappa shape index (κ3) is 3.62. The molecule has 0 aliphatic carbocycles.